The normalized spacial score (nSPS) is 17.0. The molecule has 1 unspecified atom stereocenters. The Kier molecular flexibility index (Phi) is 8.94. The smallest absolute Gasteiger partial charge is 0.327 e. The topological polar surface area (TPSA) is 46.6 Å². The molecule has 4 nitrogen and oxygen atoms in total. The third kappa shape index (κ3) is 7.03. The van der Waals surface area contributed by atoms with Gasteiger partial charge in [-0.15, -0.1) is 0 Å². The molecule has 0 saturated carbocycles. The van der Waals surface area contributed by atoms with Crippen molar-refractivity contribution in [3.05, 3.63) is 48.0 Å². The maximum absolute atomic E-state index is 12.5. The van der Waals surface area contributed by atoms with Gasteiger partial charge in [-0.3, -0.25) is 14.5 Å². The van der Waals surface area contributed by atoms with E-state index in [2.05, 4.69) is 19.1 Å². The minimum absolute atomic E-state index is 0.0491. The fourth-order valence-corrected chi connectivity index (χ4v) is 3.17. The molecule has 26 heavy (non-hydrogen) atoms. The summed E-state index contributed by atoms with van der Waals surface area (Å²) in [7, 11) is 0. The largest absolute Gasteiger partial charge is 0.440 e. The molecule has 0 aliphatic carbocycles. The Morgan fingerprint density at radius 3 is 2.62 bits per heavy atom. The van der Waals surface area contributed by atoms with Crippen LogP contribution in [0.5, 0.6) is 0 Å². The molecule has 1 aromatic rings. The number of carbonyl (C=O) groups excluding carboxylic acids is 2. The van der Waals surface area contributed by atoms with E-state index in [1.807, 2.05) is 30.3 Å². The van der Waals surface area contributed by atoms with E-state index in [-0.39, 0.29) is 18.4 Å². The number of hydrogen-bond acceptors (Lipinski definition) is 3. The Morgan fingerprint density at radius 1 is 1.12 bits per heavy atom. The summed E-state index contributed by atoms with van der Waals surface area (Å²) in [5.74, 6) is -0.358. The quantitative estimate of drug-likeness (QED) is 0.329. The second-order valence-electron chi connectivity index (χ2n) is 6.88. The van der Waals surface area contributed by atoms with Gasteiger partial charge in [0, 0.05) is 6.42 Å². The molecular weight excluding hydrogens is 326 g/mol. The van der Waals surface area contributed by atoms with Gasteiger partial charge in [0.25, 0.3) is 0 Å². The van der Waals surface area contributed by atoms with Gasteiger partial charge in [0.1, 0.15) is 6.54 Å². The van der Waals surface area contributed by atoms with Gasteiger partial charge in [0.2, 0.25) is 5.91 Å². The van der Waals surface area contributed by atoms with Gasteiger partial charge in [-0.25, -0.2) is 0 Å². The first-order valence-electron chi connectivity index (χ1n) is 9.88. The summed E-state index contributed by atoms with van der Waals surface area (Å²) in [4.78, 5) is 25.7. The van der Waals surface area contributed by atoms with Crippen LogP contribution in [0.2, 0.25) is 0 Å². The molecule has 4 heteroatoms. The van der Waals surface area contributed by atoms with Crippen molar-refractivity contribution < 1.29 is 14.3 Å². The number of unbranched alkanes of at least 4 members (excludes halogenated alkanes) is 5. The second-order valence-corrected chi connectivity index (χ2v) is 6.88. The number of rotatable bonds is 11. The Hall–Kier alpha value is -2.10. The van der Waals surface area contributed by atoms with Crippen molar-refractivity contribution in [3.63, 3.8) is 0 Å². The Morgan fingerprint density at radius 2 is 1.85 bits per heavy atom. The van der Waals surface area contributed by atoms with Crippen LogP contribution in [-0.4, -0.2) is 29.5 Å². The molecule has 142 valence electrons. The Balaban J connectivity index is 1.71. The van der Waals surface area contributed by atoms with Gasteiger partial charge in [-0.05, 0) is 24.8 Å². The van der Waals surface area contributed by atoms with Crippen molar-refractivity contribution in [2.24, 2.45) is 0 Å². The third-order valence-electron chi connectivity index (χ3n) is 4.65. The highest BCUT2D eigenvalue weighted by molar-refractivity contribution is 5.86. The highest BCUT2D eigenvalue weighted by Gasteiger charge is 2.34. The minimum atomic E-state index is -0.423. The maximum Gasteiger partial charge on any atom is 0.327 e. The van der Waals surface area contributed by atoms with Crippen molar-refractivity contribution in [2.45, 2.75) is 70.9 Å². The van der Waals surface area contributed by atoms with E-state index in [1.54, 1.807) is 4.90 Å². The number of allylic oxidation sites excluding steroid dienone is 2. The van der Waals surface area contributed by atoms with Crippen LogP contribution in [0.25, 0.3) is 0 Å². The summed E-state index contributed by atoms with van der Waals surface area (Å²) < 4.78 is 5.34. The predicted molar refractivity (Wildman–Crippen MR) is 103 cm³/mol. The maximum atomic E-state index is 12.5. The van der Waals surface area contributed by atoms with Crippen LogP contribution >= 0.6 is 0 Å². The molecule has 1 amide bonds. The van der Waals surface area contributed by atoms with Crippen molar-refractivity contribution >= 4 is 11.9 Å². The van der Waals surface area contributed by atoms with Crippen LogP contribution in [0.15, 0.2) is 42.5 Å². The van der Waals surface area contributed by atoms with E-state index in [0.717, 1.165) is 18.4 Å². The molecule has 2 rings (SSSR count). The van der Waals surface area contributed by atoms with E-state index < -0.39 is 6.23 Å². The number of esters is 1. The third-order valence-corrected chi connectivity index (χ3v) is 4.65. The number of cyclic esters (lactones) is 1. The van der Waals surface area contributed by atoms with E-state index in [0.29, 0.717) is 12.8 Å². The predicted octanol–water partition coefficient (Wildman–Crippen LogP) is 4.64. The summed E-state index contributed by atoms with van der Waals surface area (Å²) in [5.41, 5.74) is 0.957. The van der Waals surface area contributed by atoms with Crippen molar-refractivity contribution in [2.75, 3.05) is 6.54 Å². The molecule has 1 aliphatic rings. The highest BCUT2D eigenvalue weighted by Crippen LogP contribution is 2.18. The van der Waals surface area contributed by atoms with Gasteiger partial charge >= 0.3 is 5.97 Å². The molecule has 1 saturated heterocycles. The van der Waals surface area contributed by atoms with Gasteiger partial charge in [0.15, 0.2) is 6.23 Å². The zero-order chi connectivity index (χ0) is 18.6. The van der Waals surface area contributed by atoms with Crippen LogP contribution in [0.4, 0.5) is 0 Å². The number of ether oxygens (including phenoxy) is 1. The molecule has 1 atom stereocenters. The van der Waals surface area contributed by atoms with Gasteiger partial charge in [-0.1, -0.05) is 75.1 Å². The molecule has 1 aliphatic heterocycles. The lowest BCUT2D eigenvalue weighted by Gasteiger charge is -2.21. The number of amides is 1. The monoisotopic (exact) mass is 357 g/mol. The first-order valence-corrected chi connectivity index (χ1v) is 9.88. The van der Waals surface area contributed by atoms with Crippen LogP contribution in [0.3, 0.4) is 0 Å². The fourth-order valence-electron chi connectivity index (χ4n) is 3.17. The van der Waals surface area contributed by atoms with Crippen molar-refractivity contribution in [1.29, 1.82) is 0 Å². The fraction of sp³-hybridized carbons (Fsp3) is 0.545. The van der Waals surface area contributed by atoms with Gasteiger partial charge < -0.3 is 4.74 Å². The second kappa shape index (κ2) is 11.5. The highest BCUT2D eigenvalue weighted by atomic mass is 16.6. The van der Waals surface area contributed by atoms with Gasteiger partial charge in [0.05, 0.1) is 6.42 Å². The average molecular weight is 357 g/mol. The molecule has 0 spiro atoms. The molecule has 0 aromatic heterocycles. The number of nitrogens with zero attached hydrogens (tertiary/aromatic N) is 1. The molecular formula is C22H31NO3. The summed E-state index contributed by atoms with van der Waals surface area (Å²) in [6.45, 7) is 2.29. The van der Waals surface area contributed by atoms with Crippen LogP contribution < -0.4 is 0 Å². The number of benzene rings is 1. The Labute approximate surface area is 157 Å². The lowest BCUT2D eigenvalue weighted by molar-refractivity contribution is -0.143. The van der Waals surface area contributed by atoms with Crippen molar-refractivity contribution in [1.82, 2.24) is 4.90 Å². The summed E-state index contributed by atoms with van der Waals surface area (Å²) >= 11 is 0. The van der Waals surface area contributed by atoms with Crippen LogP contribution in [0, 0.1) is 0 Å². The number of carbonyl (C=O) groups is 2. The molecule has 1 aromatic carbocycles. The van der Waals surface area contributed by atoms with E-state index in [9.17, 15) is 9.59 Å². The SMILES string of the molecule is CCCCCCC/C=C\CCC1OC(=O)CN1C(=O)Cc1ccccc1. The van der Waals surface area contributed by atoms with Crippen LogP contribution in [-0.2, 0) is 20.7 Å². The molecule has 0 bridgehead atoms. The van der Waals surface area contributed by atoms with Crippen molar-refractivity contribution in [3.8, 4) is 0 Å². The molecule has 0 N–H and O–H groups in total. The first-order chi connectivity index (χ1) is 12.7. The zero-order valence-electron chi connectivity index (χ0n) is 15.9. The molecule has 0 radical (unpaired) electrons. The Bertz CT molecular complexity index is 582. The average Bonchev–Trinajstić information content (AvgIpc) is 3.02. The van der Waals surface area contributed by atoms with E-state index in [4.69, 9.17) is 4.74 Å². The lowest BCUT2D eigenvalue weighted by atomic mass is 10.1. The summed E-state index contributed by atoms with van der Waals surface area (Å²) in [6, 6.07) is 9.61. The number of hydrogen-bond donors (Lipinski definition) is 0. The van der Waals surface area contributed by atoms with E-state index >= 15 is 0 Å². The summed E-state index contributed by atoms with van der Waals surface area (Å²) in [6.07, 6.45) is 13.3. The lowest BCUT2D eigenvalue weighted by Crippen LogP contribution is -2.37. The van der Waals surface area contributed by atoms with E-state index in [1.165, 1.54) is 32.1 Å². The molecule has 1 heterocycles. The minimum Gasteiger partial charge on any atom is -0.440 e. The van der Waals surface area contributed by atoms with Crippen LogP contribution in [0.1, 0.15) is 63.9 Å². The van der Waals surface area contributed by atoms with Gasteiger partial charge in [-0.2, -0.15) is 0 Å². The standard InChI is InChI=1S/C22H31NO3/c1-2-3-4-5-6-7-8-9-13-16-21-23(18-22(25)26-21)20(24)17-19-14-11-10-12-15-19/h8-12,14-15,21H,2-7,13,16-18H2,1H3/b9-8-. The zero-order valence-corrected chi connectivity index (χ0v) is 15.9. The first kappa shape index (κ1) is 20.2. The summed E-state index contributed by atoms with van der Waals surface area (Å²) in [5, 5.41) is 0. The molecule has 1 fully saturated rings.